The first-order chi connectivity index (χ1) is 12.7. The van der Waals surface area contributed by atoms with E-state index < -0.39 is 22.9 Å². The van der Waals surface area contributed by atoms with Gasteiger partial charge in [-0.05, 0) is 38.4 Å². The van der Waals surface area contributed by atoms with E-state index in [1.165, 1.54) is 4.31 Å². The van der Waals surface area contributed by atoms with Crippen LogP contribution in [0.3, 0.4) is 0 Å². The Labute approximate surface area is 162 Å². The van der Waals surface area contributed by atoms with Crippen LogP contribution in [-0.4, -0.2) is 91.2 Å². The Kier molecular flexibility index (Phi) is 6.85. The van der Waals surface area contributed by atoms with E-state index in [1.54, 1.807) is 4.31 Å². The van der Waals surface area contributed by atoms with Crippen LogP contribution in [-0.2, 0) is 14.9 Å². The van der Waals surface area contributed by atoms with E-state index in [9.17, 15) is 8.42 Å². The molecule has 1 unspecified atom stereocenters. The summed E-state index contributed by atoms with van der Waals surface area (Å²) in [7, 11) is -4.96. The normalized spacial score (nSPS) is 32.9. The van der Waals surface area contributed by atoms with Gasteiger partial charge in [0.2, 0.25) is 0 Å². The summed E-state index contributed by atoms with van der Waals surface area (Å²) in [6, 6.07) is -0.0354. The number of rotatable bonds is 9. The lowest BCUT2D eigenvalue weighted by molar-refractivity contribution is 0.0769. The van der Waals surface area contributed by atoms with Gasteiger partial charge in [-0.2, -0.15) is 17.0 Å². The van der Waals surface area contributed by atoms with Gasteiger partial charge < -0.3 is 25.8 Å². The summed E-state index contributed by atoms with van der Waals surface area (Å²) in [5.74, 6) is -0.00452. The molecule has 0 aromatic carbocycles. The number of nitrogens with one attached hydrogen (secondary N) is 1. The molecule has 0 aromatic rings. The second kappa shape index (κ2) is 8.62. The number of ether oxygens (including phenoxy) is 1. The van der Waals surface area contributed by atoms with Crippen molar-refractivity contribution in [1.82, 2.24) is 13.9 Å². The van der Waals surface area contributed by atoms with Crippen LogP contribution in [0, 0.1) is 5.92 Å². The molecule has 3 rings (SSSR count). The average Bonchev–Trinajstić information content (AvgIpc) is 3.13. The molecular weight excluding hydrogens is 371 g/mol. The van der Waals surface area contributed by atoms with Crippen LogP contribution in [0.2, 0.25) is 6.32 Å². The standard InChI is InChI=1S/C16H33BN4O5S/c1-16(18)12-20(10-13(16)4-2-6-17(22)23)27(24,25)21(14-8-19-9-14)11-15-5-3-7-26-15/h13-15,19,22-23H,2-12,18H2,1H3/t13-,15?,16-/m0/s1. The van der Waals surface area contributed by atoms with E-state index in [0.29, 0.717) is 45.6 Å². The molecule has 5 N–H and O–H groups in total. The van der Waals surface area contributed by atoms with Gasteiger partial charge >= 0.3 is 7.12 Å². The molecule has 0 bridgehead atoms. The molecule has 27 heavy (non-hydrogen) atoms. The average molecular weight is 404 g/mol. The first-order valence-corrected chi connectivity index (χ1v) is 11.3. The highest BCUT2D eigenvalue weighted by Gasteiger charge is 2.48. The second-order valence-corrected chi connectivity index (χ2v) is 10.3. The molecule has 3 aliphatic heterocycles. The molecule has 3 atom stereocenters. The van der Waals surface area contributed by atoms with E-state index in [4.69, 9.17) is 20.5 Å². The van der Waals surface area contributed by atoms with Crippen molar-refractivity contribution < 1.29 is 23.2 Å². The number of hydrogen-bond donors (Lipinski definition) is 4. The Balaban J connectivity index is 1.68. The molecule has 0 aliphatic carbocycles. The van der Waals surface area contributed by atoms with Crippen LogP contribution in [0.25, 0.3) is 0 Å². The van der Waals surface area contributed by atoms with Gasteiger partial charge in [-0.15, -0.1) is 0 Å². The van der Waals surface area contributed by atoms with Crippen molar-refractivity contribution >= 4 is 17.3 Å². The van der Waals surface area contributed by atoms with Crippen molar-refractivity contribution in [2.45, 2.75) is 56.6 Å². The predicted molar refractivity (Wildman–Crippen MR) is 103 cm³/mol. The van der Waals surface area contributed by atoms with E-state index in [0.717, 1.165) is 12.8 Å². The first-order valence-electron chi connectivity index (χ1n) is 9.94. The molecule has 0 aromatic heterocycles. The lowest BCUT2D eigenvalue weighted by Crippen LogP contribution is -2.62. The van der Waals surface area contributed by atoms with Crippen LogP contribution in [0.1, 0.15) is 32.6 Å². The highest BCUT2D eigenvalue weighted by atomic mass is 32.2. The maximum Gasteiger partial charge on any atom is 0.451 e. The van der Waals surface area contributed by atoms with E-state index in [1.807, 2.05) is 6.92 Å². The van der Waals surface area contributed by atoms with Gasteiger partial charge in [0.25, 0.3) is 10.2 Å². The Hall–Kier alpha value is -0.265. The maximum atomic E-state index is 13.4. The fraction of sp³-hybridized carbons (Fsp3) is 1.00. The van der Waals surface area contributed by atoms with Crippen LogP contribution in [0.15, 0.2) is 0 Å². The van der Waals surface area contributed by atoms with Crippen LogP contribution in [0.4, 0.5) is 0 Å². The van der Waals surface area contributed by atoms with Gasteiger partial charge in [-0.25, -0.2) is 0 Å². The molecule has 3 heterocycles. The molecule has 3 saturated heterocycles. The van der Waals surface area contributed by atoms with Crippen molar-refractivity contribution in [3.8, 4) is 0 Å². The van der Waals surface area contributed by atoms with Gasteiger partial charge in [-0.1, -0.05) is 6.42 Å². The number of nitrogens with zero attached hydrogens (tertiary/aromatic N) is 2. The van der Waals surface area contributed by atoms with Crippen LogP contribution >= 0.6 is 0 Å². The summed E-state index contributed by atoms with van der Waals surface area (Å²) in [5.41, 5.74) is 5.80. The third kappa shape index (κ3) is 5.02. The molecular formula is C16H33BN4O5S. The Bertz CT molecular complexity index is 596. The number of hydrogen-bond acceptors (Lipinski definition) is 7. The summed E-state index contributed by atoms with van der Waals surface area (Å²) in [6.45, 7) is 4.97. The lowest BCUT2D eigenvalue weighted by atomic mass is 9.79. The smallest absolute Gasteiger partial charge is 0.427 e. The van der Waals surface area contributed by atoms with Crippen molar-refractivity contribution in [2.75, 3.05) is 39.3 Å². The molecule has 11 heteroatoms. The zero-order valence-electron chi connectivity index (χ0n) is 16.1. The van der Waals surface area contributed by atoms with Crippen molar-refractivity contribution in [3.05, 3.63) is 0 Å². The third-order valence-corrected chi connectivity index (χ3v) is 8.06. The van der Waals surface area contributed by atoms with Crippen LogP contribution < -0.4 is 11.1 Å². The zero-order chi connectivity index (χ0) is 19.7. The third-order valence-electron chi connectivity index (χ3n) is 6.09. The SMILES string of the molecule is C[C@]1(N)CN(S(=O)(=O)N(CC2CCCO2)C2CNC2)C[C@@H]1CCCB(O)O. The molecule has 3 fully saturated rings. The van der Waals surface area contributed by atoms with Crippen molar-refractivity contribution in [3.63, 3.8) is 0 Å². The molecule has 156 valence electrons. The molecule has 3 aliphatic rings. The van der Waals surface area contributed by atoms with Crippen molar-refractivity contribution in [1.29, 1.82) is 0 Å². The van der Waals surface area contributed by atoms with Crippen molar-refractivity contribution in [2.24, 2.45) is 11.7 Å². The molecule has 0 spiro atoms. The Morgan fingerprint density at radius 2 is 2.15 bits per heavy atom. The Morgan fingerprint density at radius 3 is 2.70 bits per heavy atom. The van der Waals surface area contributed by atoms with Gasteiger partial charge in [0, 0.05) is 44.9 Å². The van der Waals surface area contributed by atoms with E-state index >= 15 is 0 Å². The summed E-state index contributed by atoms with van der Waals surface area (Å²) in [5, 5.41) is 21.2. The Morgan fingerprint density at radius 1 is 1.41 bits per heavy atom. The predicted octanol–water partition coefficient (Wildman–Crippen LogP) is -1.41. The summed E-state index contributed by atoms with van der Waals surface area (Å²) in [6.07, 6.45) is 3.40. The summed E-state index contributed by atoms with van der Waals surface area (Å²) < 4.78 is 35.6. The van der Waals surface area contributed by atoms with E-state index in [-0.39, 0.29) is 30.9 Å². The van der Waals surface area contributed by atoms with Gasteiger partial charge in [0.15, 0.2) is 0 Å². The van der Waals surface area contributed by atoms with Gasteiger partial charge in [0.05, 0.1) is 12.1 Å². The van der Waals surface area contributed by atoms with Gasteiger partial charge in [-0.3, -0.25) is 0 Å². The zero-order valence-corrected chi connectivity index (χ0v) is 16.9. The highest BCUT2D eigenvalue weighted by molar-refractivity contribution is 7.86. The molecule has 0 saturated carbocycles. The minimum atomic E-state index is -3.63. The largest absolute Gasteiger partial charge is 0.451 e. The lowest BCUT2D eigenvalue weighted by Gasteiger charge is -2.40. The summed E-state index contributed by atoms with van der Waals surface area (Å²) in [4.78, 5) is 0. The monoisotopic (exact) mass is 404 g/mol. The minimum Gasteiger partial charge on any atom is -0.427 e. The number of nitrogens with two attached hydrogens (primary N) is 1. The van der Waals surface area contributed by atoms with Crippen LogP contribution in [0.5, 0.6) is 0 Å². The summed E-state index contributed by atoms with van der Waals surface area (Å²) >= 11 is 0. The molecule has 0 amide bonds. The first kappa shape index (κ1) is 21.4. The highest BCUT2D eigenvalue weighted by Crippen LogP contribution is 2.33. The maximum absolute atomic E-state index is 13.4. The molecule has 9 nitrogen and oxygen atoms in total. The van der Waals surface area contributed by atoms with Gasteiger partial charge in [0.1, 0.15) is 0 Å². The fourth-order valence-electron chi connectivity index (χ4n) is 4.22. The fourth-order valence-corrected chi connectivity index (χ4v) is 6.20. The molecule has 0 radical (unpaired) electrons. The quantitative estimate of drug-likeness (QED) is 0.348. The topological polar surface area (TPSA) is 128 Å². The van der Waals surface area contributed by atoms with E-state index in [2.05, 4.69) is 5.32 Å². The minimum absolute atomic E-state index is 0.00452. The second-order valence-electron chi connectivity index (χ2n) is 8.43.